The first-order valence-electron chi connectivity index (χ1n) is 7.17. The number of hydrogen-bond donors (Lipinski definition) is 2. The van der Waals surface area contributed by atoms with E-state index < -0.39 is 0 Å². The Kier molecular flexibility index (Phi) is 5.05. The molecular formula is C15H22N6O2. The molecule has 0 aliphatic rings. The third-order valence-electron chi connectivity index (χ3n) is 3.18. The molecule has 8 heteroatoms. The molecule has 2 N–H and O–H groups in total. The number of aryl methyl sites for hydroxylation is 2. The van der Waals surface area contributed by atoms with E-state index >= 15 is 0 Å². The maximum Gasteiger partial charge on any atom is 0.319 e. The number of rotatable bonds is 5. The quantitative estimate of drug-likeness (QED) is 0.873. The summed E-state index contributed by atoms with van der Waals surface area (Å²) in [6.07, 6.45) is 1.80. The van der Waals surface area contributed by atoms with Gasteiger partial charge in [-0.2, -0.15) is 0 Å². The van der Waals surface area contributed by atoms with Crippen molar-refractivity contribution in [3.63, 3.8) is 0 Å². The molecule has 2 aromatic rings. The van der Waals surface area contributed by atoms with Crippen molar-refractivity contribution < 1.29 is 9.53 Å². The number of ether oxygens (including phenoxy) is 1. The predicted octanol–water partition coefficient (Wildman–Crippen LogP) is 1.52. The van der Waals surface area contributed by atoms with E-state index in [4.69, 9.17) is 4.74 Å². The van der Waals surface area contributed by atoms with Crippen LogP contribution < -0.4 is 20.3 Å². The van der Waals surface area contributed by atoms with Gasteiger partial charge in [0.2, 0.25) is 5.88 Å². The molecule has 8 nitrogen and oxygen atoms in total. The maximum absolute atomic E-state index is 12.1. The number of urea groups is 1. The lowest BCUT2D eigenvalue weighted by Gasteiger charge is -2.17. The van der Waals surface area contributed by atoms with E-state index in [9.17, 15) is 4.79 Å². The van der Waals surface area contributed by atoms with Crippen molar-refractivity contribution >= 4 is 17.5 Å². The second kappa shape index (κ2) is 6.99. The Balaban J connectivity index is 2.02. The van der Waals surface area contributed by atoms with Crippen LogP contribution in [0.1, 0.15) is 11.3 Å². The summed E-state index contributed by atoms with van der Waals surface area (Å²) < 4.78 is 6.80. The van der Waals surface area contributed by atoms with Gasteiger partial charge in [0, 0.05) is 33.0 Å². The van der Waals surface area contributed by atoms with Gasteiger partial charge in [-0.3, -0.25) is 4.68 Å². The number of aromatic nitrogens is 3. The van der Waals surface area contributed by atoms with Gasteiger partial charge in [-0.25, -0.2) is 9.78 Å². The Morgan fingerprint density at radius 3 is 2.78 bits per heavy atom. The van der Waals surface area contributed by atoms with E-state index in [1.165, 1.54) is 0 Å². The fourth-order valence-corrected chi connectivity index (χ4v) is 2.13. The Hall–Kier alpha value is -2.77. The van der Waals surface area contributed by atoms with Crippen LogP contribution in [0, 0.1) is 6.92 Å². The molecule has 23 heavy (non-hydrogen) atoms. The lowest BCUT2D eigenvalue weighted by atomic mass is 10.3. The van der Waals surface area contributed by atoms with Gasteiger partial charge in [0.1, 0.15) is 0 Å². The lowest BCUT2D eigenvalue weighted by molar-refractivity contribution is 0.251. The van der Waals surface area contributed by atoms with Crippen molar-refractivity contribution in [3.8, 4) is 5.88 Å². The number of amides is 2. The van der Waals surface area contributed by atoms with Crippen LogP contribution in [0.3, 0.4) is 0 Å². The molecule has 2 rings (SSSR count). The first-order valence-corrected chi connectivity index (χ1v) is 7.17. The average Bonchev–Trinajstić information content (AvgIpc) is 2.87. The number of carbonyl (C=O) groups excluding carboxylic acids is 1. The van der Waals surface area contributed by atoms with Crippen molar-refractivity contribution in [1.82, 2.24) is 20.1 Å². The first kappa shape index (κ1) is 16.6. The number of methoxy groups -OCH3 is 1. The summed E-state index contributed by atoms with van der Waals surface area (Å²) in [5, 5.41) is 9.74. The predicted molar refractivity (Wildman–Crippen MR) is 88.9 cm³/mol. The van der Waals surface area contributed by atoms with Crippen molar-refractivity contribution in [1.29, 1.82) is 0 Å². The van der Waals surface area contributed by atoms with Gasteiger partial charge in [-0.1, -0.05) is 0 Å². The van der Waals surface area contributed by atoms with Crippen LogP contribution in [0.15, 0.2) is 18.3 Å². The zero-order valence-electron chi connectivity index (χ0n) is 14.0. The Labute approximate surface area is 135 Å². The van der Waals surface area contributed by atoms with Crippen molar-refractivity contribution in [2.75, 3.05) is 31.4 Å². The molecule has 2 aromatic heterocycles. The molecule has 0 saturated heterocycles. The standard InChI is InChI=1S/C15H22N6O2/c1-10-6-7-12(13(17-10)20(2)3)18-15(22)16-8-11-9-21(4)19-14(11)23-5/h6-7,9H,8H2,1-5H3,(H2,16,18,22). The average molecular weight is 318 g/mol. The topological polar surface area (TPSA) is 84.3 Å². The summed E-state index contributed by atoms with van der Waals surface area (Å²) in [4.78, 5) is 18.4. The van der Waals surface area contributed by atoms with Crippen molar-refractivity contribution in [2.24, 2.45) is 7.05 Å². The summed E-state index contributed by atoms with van der Waals surface area (Å²) in [5.74, 6) is 1.21. The fraction of sp³-hybridized carbons (Fsp3) is 0.400. The summed E-state index contributed by atoms with van der Waals surface area (Å²) in [6.45, 7) is 2.23. The molecule has 2 amide bonds. The number of hydrogen-bond acceptors (Lipinski definition) is 5. The number of carbonyl (C=O) groups is 1. The molecule has 0 saturated carbocycles. The van der Waals surface area contributed by atoms with E-state index in [1.54, 1.807) is 25.0 Å². The van der Waals surface area contributed by atoms with Gasteiger partial charge in [-0.05, 0) is 19.1 Å². The molecule has 124 valence electrons. The minimum Gasteiger partial charge on any atom is -0.480 e. The molecule has 0 fully saturated rings. The van der Waals surface area contributed by atoms with Crippen LogP contribution in [0.2, 0.25) is 0 Å². The van der Waals surface area contributed by atoms with E-state index in [0.29, 0.717) is 23.9 Å². The molecule has 0 aliphatic carbocycles. The highest BCUT2D eigenvalue weighted by Gasteiger charge is 2.12. The van der Waals surface area contributed by atoms with Crippen LogP contribution in [0.5, 0.6) is 5.88 Å². The van der Waals surface area contributed by atoms with E-state index in [-0.39, 0.29) is 6.03 Å². The second-order valence-corrected chi connectivity index (χ2v) is 5.36. The molecule has 0 atom stereocenters. The highest BCUT2D eigenvalue weighted by molar-refractivity contribution is 5.92. The Morgan fingerprint density at radius 2 is 2.13 bits per heavy atom. The summed E-state index contributed by atoms with van der Waals surface area (Å²) in [7, 11) is 7.11. The summed E-state index contributed by atoms with van der Waals surface area (Å²) in [6, 6.07) is 3.37. The number of pyridine rings is 1. The molecule has 2 heterocycles. The normalized spacial score (nSPS) is 10.3. The van der Waals surface area contributed by atoms with Crippen molar-refractivity contribution in [2.45, 2.75) is 13.5 Å². The van der Waals surface area contributed by atoms with E-state index in [0.717, 1.165) is 11.3 Å². The van der Waals surface area contributed by atoms with Gasteiger partial charge in [0.15, 0.2) is 5.82 Å². The zero-order chi connectivity index (χ0) is 17.0. The monoisotopic (exact) mass is 318 g/mol. The lowest BCUT2D eigenvalue weighted by Crippen LogP contribution is -2.29. The van der Waals surface area contributed by atoms with Crippen LogP contribution in [-0.2, 0) is 13.6 Å². The smallest absolute Gasteiger partial charge is 0.319 e. The largest absolute Gasteiger partial charge is 0.480 e. The number of nitrogens with zero attached hydrogens (tertiary/aromatic N) is 4. The Morgan fingerprint density at radius 1 is 1.39 bits per heavy atom. The highest BCUT2D eigenvalue weighted by atomic mass is 16.5. The molecule has 0 spiro atoms. The fourth-order valence-electron chi connectivity index (χ4n) is 2.13. The van der Waals surface area contributed by atoms with Gasteiger partial charge in [0.25, 0.3) is 0 Å². The zero-order valence-corrected chi connectivity index (χ0v) is 14.0. The molecular weight excluding hydrogens is 296 g/mol. The minimum absolute atomic E-state index is 0.315. The van der Waals surface area contributed by atoms with Crippen LogP contribution in [0.25, 0.3) is 0 Å². The van der Waals surface area contributed by atoms with Gasteiger partial charge >= 0.3 is 6.03 Å². The van der Waals surface area contributed by atoms with Crippen LogP contribution >= 0.6 is 0 Å². The molecule has 0 bridgehead atoms. The summed E-state index contributed by atoms with van der Waals surface area (Å²) >= 11 is 0. The summed E-state index contributed by atoms with van der Waals surface area (Å²) in [5.41, 5.74) is 2.34. The third kappa shape index (κ3) is 4.12. The number of nitrogens with one attached hydrogen (secondary N) is 2. The molecule has 0 radical (unpaired) electrons. The molecule has 0 unspecified atom stereocenters. The second-order valence-electron chi connectivity index (χ2n) is 5.36. The highest BCUT2D eigenvalue weighted by Crippen LogP contribution is 2.22. The molecule has 0 aromatic carbocycles. The SMILES string of the molecule is COc1nn(C)cc1CNC(=O)Nc1ccc(C)nc1N(C)C. The van der Waals surface area contributed by atoms with Crippen molar-refractivity contribution in [3.05, 3.63) is 29.6 Å². The number of anilines is 2. The van der Waals surface area contributed by atoms with Gasteiger partial charge in [-0.15, -0.1) is 5.10 Å². The molecule has 0 aliphatic heterocycles. The van der Waals surface area contributed by atoms with Crippen LogP contribution in [0.4, 0.5) is 16.3 Å². The Bertz CT molecular complexity index is 695. The third-order valence-corrected chi connectivity index (χ3v) is 3.18. The van der Waals surface area contributed by atoms with Crippen LogP contribution in [-0.4, -0.2) is 42.0 Å². The van der Waals surface area contributed by atoms with E-state index in [1.807, 2.05) is 38.1 Å². The van der Waals surface area contributed by atoms with Gasteiger partial charge in [0.05, 0.1) is 24.9 Å². The van der Waals surface area contributed by atoms with Gasteiger partial charge < -0.3 is 20.3 Å². The van der Waals surface area contributed by atoms with E-state index in [2.05, 4.69) is 20.7 Å². The first-order chi connectivity index (χ1) is 10.9. The maximum atomic E-state index is 12.1. The minimum atomic E-state index is -0.315.